The van der Waals surface area contributed by atoms with Crippen molar-refractivity contribution in [1.29, 1.82) is 0 Å². The van der Waals surface area contributed by atoms with Crippen molar-refractivity contribution in [1.82, 2.24) is 4.90 Å². The maximum Gasteiger partial charge on any atom is 0.105 e. The molecule has 1 fully saturated rings. The second-order valence-corrected chi connectivity index (χ2v) is 4.84. The number of halogens is 1. The second kappa shape index (κ2) is 4.41. The molecule has 2 heteroatoms. The standard InChI is InChI=1S/C11H22FN/c1-8(2)10-5-11(6-12)13(7-10)9(3)4/h8-11H,5-7H2,1-4H3. The van der Waals surface area contributed by atoms with E-state index in [1.807, 2.05) is 0 Å². The number of alkyl halides is 1. The smallest absolute Gasteiger partial charge is 0.105 e. The highest BCUT2D eigenvalue weighted by molar-refractivity contribution is 4.87. The summed E-state index contributed by atoms with van der Waals surface area (Å²) in [5.74, 6) is 1.39. The van der Waals surface area contributed by atoms with Gasteiger partial charge >= 0.3 is 0 Å². The van der Waals surface area contributed by atoms with Gasteiger partial charge in [-0.3, -0.25) is 4.90 Å². The fourth-order valence-electron chi connectivity index (χ4n) is 2.25. The average molecular weight is 187 g/mol. The van der Waals surface area contributed by atoms with E-state index in [1.54, 1.807) is 0 Å². The van der Waals surface area contributed by atoms with Crippen molar-refractivity contribution in [3.05, 3.63) is 0 Å². The molecule has 2 unspecified atom stereocenters. The third-order valence-electron chi connectivity index (χ3n) is 3.27. The van der Waals surface area contributed by atoms with Crippen LogP contribution in [0.15, 0.2) is 0 Å². The summed E-state index contributed by atoms with van der Waals surface area (Å²) in [6, 6.07) is 0.678. The molecule has 0 aromatic rings. The summed E-state index contributed by atoms with van der Waals surface area (Å²) in [6.07, 6.45) is 1.05. The Kier molecular flexibility index (Phi) is 3.72. The van der Waals surface area contributed by atoms with E-state index in [2.05, 4.69) is 32.6 Å². The van der Waals surface area contributed by atoms with Crippen LogP contribution in [-0.2, 0) is 0 Å². The van der Waals surface area contributed by atoms with Crippen LogP contribution in [0.2, 0.25) is 0 Å². The van der Waals surface area contributed by atoms with E-state index in [9.17, 15) is 4.39 Å². The van der Waals surface area contributed by atoms with Gasteiger partial charge in [0, 0.05) is 18.6 Å². The predicted octanol–water partition coefficient (Wildman–Crippen LogP) is 2.71. The molecule has 2 atom stereocenters. The lowest BCUT2D eigenvalue weighted by atomic mass is 9.94. The fraction of sp³-hybridized carbons (Fsp3) is 1.00. The molecule has 0 aromatic carbocycles. The first-order valence-electron chi connectivity index (χ1n) is 5.38. The Balaban J connectivity index is 2.56. The molecule has 0 amide bonds. The molecule has 78 valence electrons. The minimum absolute atomic E-state index is 0.179. The maximum atomic E-state index is 12.7. The summed E-state index contributed by atoms with van der Waals surface area (Å²) in [7, 11) is 0. The molecule has 1 aliphatic rings. The third kappa shape index (κ3) is 2.43. The zero-order valence-corrected chi connectivity index (χ0v) is 9.26. The Hall–Kier alpha value is -0.110. The maximum absolute atomic E-state index is 12.7. The van der Waals surface area contributed by atoms with E-state index >= 15 is 0 Å². The van der Waals surface area contributed by atoms with Crippen molar-refractivity contribution in [2.75, 3.05) is 13.2 Å². The van der Waals surface area contributed by atoms with Crippen molar-refractivity contribution in [2.24, 2.45) is 11.8 Å². The van der Waals surface area contributed by atoms with Crippen LogP contribution >= 0.6 is 0 Å². The van der Waals surface area contributed by atoms with Gasteiger partial charge in [-0.05, 0) is 32.1 Å². The highest BCUT2D eigenvalue weighted by Crippen LogP contribution is 2.30. The van der Waals surface area contributed by atoms with Crippen LogP contribution in [0.1, 0.15) is 34.1 Å². The molecule has 1 saturated heterocycles. The van der Waals surface area contributed by atoms with Gasteiger partial charge in [-0.1, -0.05) is 13.8 Å². The van der Waals surface area contributed by atoms with Crippen LogP contribution in [0.25, 0.3) is 0 Å². The molecule has 0 radical (unpaired) electrons. The fourth-order valence-corrected chi connectivity index (χ4v) is 2.25. The summed E-state index contributed by atoms with van der Waals surface area (Å²) in [6.45, 7) is 9.70. The van der Waals surface area contributed by atoms with Crippen LogP contribution in [-0.4, -0.2) is 30.2 Å². The molecule has 0 spiro atoms. The van der Waals surface area contributed by atoms with Crippen LogP contribution in [0, 0.1) is 11.8 Å². The SMILES string of the molecule is CC(C)C1CC(CF)N(C(C)C)C1. The monoisotopic (exact) mass is 187 g/mol. The van der Waals surface area contributed by atoms with Gasteiger partial charge in [-0.15, -0.1) is 0 Å². The quantitative estimate of drug-likeness (QED) is 0.656. The molecule has 13 heavy (non-hydrogen) atoms. The molecule has 1 nitrogen and oxygen atoms in total. The highest BCUT2D eigenvalue weighted by Gasteiger charge is 2.34. The first kappa shape index (κ1) is 11.0. The lowest BCUT2D eigenvalue weighted by molar-refractivity contribution is 0.171. The predicted molar refractivity (Wildman–Crippen MR) is 54.6 cm³/mol. The van der Waals surface area contributed by atoms with Crippen molar-refractivity contribution in [3.8, 4) is 0 Å². The lowest BCUT2D eigenvalue weighted by Gasteiger charge is -2.26. The summed E-state index contributed by atoms with van der Waals surface area (Å²) >= 11 is 0. The minimum atomic E-state index is -0.179. The van der Waals surface area contributed by atoms with Gasteiger partial charge in [0.05, 0.1) is 0 Å². The van der Waals surface area contributed by atoms with Crippen molar-refractivity contribution in [3.63, 3.8) is 0 Å². The number of hydrogen-bond acceptors (Lipinski definition) is 1. The summed E-state index contributed by atoms with van der Waals surface area (Å²) in [5.41, 5.74) is 0. The summed E-state index contributed by atoms with van der Waals surface area (Å²) in [4.78, 5) is 2.31. The third-order valence-corrected chi connectivity index (χ3v) is 3.27. The molecule has 1 aliphatic heterocycles. The average Bonchev–Trinajstić information content (AvgIpc) is 2.47. The van der Waals surface area contributed by atoms with Gasteiger partial charge < -0.3 is 0 Å². The van der Waals surface area contributed by atoms with Gasteiger partial charge in [-0.25, -0.2) is 4.39 Å². The molecule has 1 rings (SSSR count). The molecule has 0 bridgehead atoms. The van der Waals surface area contributed by atoms with Crippen molar-refractivity contribution in [2.45, 2.75) is 46.2 Å². The zero-order valence-electron chi connectivity index (χ0n) is 9.26. The molecular formula is C11H22FN. The first-order chi connectivity index (χ1) is 6.06. The topological polar surface area (TPSA) is 3.24 Å². The second-order valence-electron chi connectivity index (χ2n) is 4.84. The lowest BCUT2D eigenvalue weighted by Crippen LogP contribution is -2.36. The first-order valence-corrected chi connectivity index (χ1v) is 5.38. The Morgan fingerprint density at radius 1 is 1.31 bits per heavy atom. The molecule has 1 heterocycles. The largest absolute Gasteiger partial charge is 0.295 e. The van der Waals surface area contributed by atoms with E-state index < -0.39 is 0 Å². The Bertz CT molecular complexity index is 156. The minimum Gasteiger partial charge on any atom is -0.295 e. The van der Waals surface area contributed by atoms with Crippen LogP contribution in [0.5, 0.6) is 0 Å². The Morgan fingerprint density at radius 2 is 1.92 bits per heavy atom. The summed E-state index contributed by atoms with van der Waals surface area (Å²) < 4.78 is 12.7. The van der Waals surface area contributed by atoms with E-state index in [0.29, 0.717) is 17.9 Å². The normalized spacial score (nSPS) is 30.7. The number of likely N-dealkylation sites (tertiary alicyclic amines) is 1. The van der Waals surface area contributed by atoms with Crippen LogP contribution in [0.3, 0.4) is 0 Å². The zero-order chi connectivity index (χ0) is 10.0. The van der Waals surface area contributed by atoms with Crippen LogP contribution < -0.4 is 0 Å². The van der Waals surface area contributed by atoms with E-state index in [0.717, 1.165) is 13.0 Å². The summed E-state index contributed by atoms with van der Waals surface area (Å²) in [5, 5.41) is 0. The molecular weight excluding hydrogens is 165 g/mol. The van der Waals surface area contributed by atoms with Crippen molar-refractivity contribution < 1.29 is 4.39 Å². The molecule has 0 aliphatic carbocycles. The van der Waals surface area contributed by atoms with Gasteiger partial charge in [0.15, 0.2) is 0 Å². The Labute approximate surface area is 81.3 Å². The van der Waals surface area contributed by atoms with E-state index in [4.69, 9.17) is 0 Å². The van der Waals surface area contributed by atoms with Crippen LogP contribution in [0.4, 0.5) is 4.39 Å². The van der Waals surface area contributed by atoms with Gasteiger partial charge in [-0.2, -0.15) is 0 Å². The van der Waals surface area contributed by atoms with Gasteiger partial charge in [0.1, 0.15) is 6.67 Å². The van der Waals surface area contributed by atoms with E-state index in [1.165, 1.54) is 0 Å². The molecule has 0 saturated carbocycles. The van der Waals surface area contributed by atoms with E-state index in [-0.39, 0.29) is 12.7 Å². The molecule has 0 N–H and O–H groups in total. The van der Waals surface area contributed by atoms with Crippen molar-refractivity contribution >= 4 is 0 Å². The molecule has 0 aromatic heterocycles. The Morgan fingerprint density at radius 3 is 2.23 bits per heavy atom. The number of rotatable bonds is 3. The highest BCUT2D eigenvalue weighted by atomic mass is 19.1. The van der Waals surface area contributed by atoms with Gasteiger partial charge in [0.25, 0.3) is 0 Å². The number of hydrogen-bond donors (Lipinski definition) is 0. The number of nitrogens with zero attached hydrogens (tertiary/aromatic N) is 1. The van der Waals surface area contributed by atoms with Gasteiger partial charge in [0.2, 0.25) is 0 Å².